The summed E-state index contributed by atoms with van der Waals surface area (Å²) in [5.74, 6) is -0.0755. The number of halogens is 2. The Morgan fingerprint density at radius 1 is 1.03 bits per heavy atom. The van der Waals surface area contributed by atoms with Crippen LogP contribution in [0.3, 0.4) is 0 Å². The van der Waals surface area contributed by atoms with Crippen molar-refractivity contribution in [3.8, 4) is 5.75 Å². The number of hydrogen-bond acceptors (Lipinski definition) is 4. The molecule has 0 bridgehead atoms. The summed E-state index contributed by atoms with van der Waals surface area (Å²) in [6.45, 7) is 2.45. The van der Waals surface area contributed by atoms with Crippen molar-refractivity contribution in [3.05, 3.63) is 104 Å². The van der Waals surface area contributed by atoms with Gasteiger partial charge in [-0.2, -0.15) is 0 Å². The van der Waals surface area contributed by atoms with E-state index in [0.29, 0.717) is 16.2 Å². The standard InChI is InChI=1S/C25H19BrFNO3S/c1-16-3-2-4-18(11-16)14-28-24(29)23(32-25(28)30)13-19-12-20(26)7-10-22(19)31-15-17-5-8-21(27)9-6-17/h2-13H,14-15H2,1H3/b23-13-. The summed E-state index contributed by atoms with van der Waals surface area (Å²) >= 11 is 4.36. The van der Waals surface area contributed by atoms with Crippen LogP contribution in [0.5, 0.6) is 5.75 Å². The third kappa shape index (κ3) is 5.29. The van der Waals surface area contributed by atoms with Crippen LogP contribution in [0, 0.1) is 12.7 Å². The Bertz CT molecular complexity index is 1210. The van der Waals surface area contributed by atoms with E-state index in [-0.39, 0.29) is 30.1 Å². The van der Waals surface area contributed by atoms with Gasteiger partial charge in [-0.1, -0.05) is 57.9 Å². The van der Waals surface area contributed by atoms with E-state index >= 15 is 0 Å². The lowest BCUT2D eigenvalue weighted by atomic mass is 10.1. The molecule has 0 N–H and O–H groups in total. The van der Waals surface area contributed by atoms with Gasteiger partial charge >= 0.3 is 0 Å². The third-order valence-corrected chi connectivity index (χ3v) is 6.26. The lowest BCUT2D eigenvalue weighted by molar-refractivity contribution is -0.123. The zero-order valence-electron chi connectivity index (χ0n) is 17.2. The fraction of sp³-hybridized carbons (Fsp3) is 0.120. The van der Waals surface area contributed by atoms with Gasteiger partial charge in [0.05, 0.1) is 11.4 Å². The van der Waals surface area contributed by atoms with Gasteiger partial charge in [0.15, 0.2) is 0 Å². The number of amides is 2. The van der Waals surface area contributed by atoms with Gasteiger partial charge in [0.2, 0.25) is 0 Å². The molecular formula is C25H19BrFNO3S. The molecule has 0 unspecified atom stereocenters. The molecule has 7 heteroatoms. The highest BCUT2D eigenvalue weighted by atomic mass is 79.9. The Balaban J connectivity index is 1.55. The molecule has 0 saturated carbocycles. The molecule has 4 nitrogen and oxygen atoms in total. The van der Waals surface area contributed by atoms with Crippen LogP contribution in [0.2, 0.25) is 0 Å². The second-order valence-electron chi connectivity index (χ2n) is 7.35. The highest BCUT2D eigenvalue weighted by Crippen LogP contribution is 2.36. The number of nitrogens with zero attached hydrogens (tertiary/aromatic N) is 1. The molecule has 0 spiro atoms. The first kappa shape index (κ1) is 22.3. The zero-order valence-corrected chi connectivity index (χ0v) is 19.6. The molecule has 1 saturated heterocycles. The molecule has 0 aromatic heterocycles. The van der Waals surface area contributed by atoms with Crippen molar-refractivity contribution in [1.82, 2.24) is 4.90 Å². The number of carbonyl (C=O) groups excluding carboxylic acids is 2. The number of benzene rings is 3. The molecule has 3 aromatic carbocycles. The first-order chi connectivity index (χ1) is 15.4. The van der Waals surface area contributed by atoms with Gasteiger partial charge in [-0.25, -0.2) is 4.39 Å². The van der Waals surface area contributed by atoms with Gasteiger partial charge in [0.25, 0.3) is 11.1 Å². The predicted octanol–water partition coefficient (Wildman–Crippen LogP) is 6.71. The van der Waals surface area contributed by atoms with E-state index in [2.05, 4.69) is 15.9 Å². The highest BCUT2D eigenvalue weighted by Gasteiger charge is 2.35. The van der Waals surface area contributed by atoms with E-state index < -0.39 is 0 Å². The van der Waals surface area contributed by atoms with Gasteiger partial charge in [-0.3, -0.25) is 14.5 Å². The van der Waals surface area contributed by atoms with Crippen molar-refractivity contribution in [1.29, 1.82) is 0 Å². The molecule has 1 aliphatic rings. The van der Waals surface area contributed by atoms with Crippen LogP contribution in [0.15, 0.2) is 76.1 Å². The average molecular weight is 512 g/mol. The number of imide groups is 1. The quantitative estimate of drug-likeness (QED) is 0.345. The predicted molar refractivity (Wildman–Crippen MR) is 128 cm³/mol. The van der Waals surface area contributed by atoms with Crippen LogP contribution in [0.1, 0.15) is 22.3 Å². The molecule has 2 amide bonds. The lowest BCUT2D eigenvalue weighted by Gasteiger charge is -2.13. The van der Waals surface area contributed by atoms with Crippen molar-refractivity contribution in [3.63, 3.8) is 0 Å². The Morgan fingerprint density at radius 2 is 1.81 bits per heavy atom. The second-order valence-corrected chi connectivity index (χ2v) is 9.26. The Hall–Kier alpha value is -2.90. The summed E-state index contributed by atoms with van der Waals surface area (Å²) in [5, 5.41) is -0.300. The normalized spacial score (nSPS) is 15.0. The second kappa shape index (κ2) is 9.71. The number of ether oxygens (including phenoxy) is 1. The first-order valence-corrected chi connectivity index (χ1v) is 11.5. The maximum Gasteiger partial charge on any atom is 0.293 e. The van der Waals surface area contributed by atoms with E-state index in [1.54, 1.807) is 24.3 Å². The van der Waals surface area contributed by atoms with Crippen LogP contribution >= 0.6 is 27.7 Å². The monoisotopic (exact) mass is 511 g/mol. The van der Waals surface area contributed by atoms with Gasteiger partial charge in [0.1, 0.15) is 18.2 Å². The summed E-state index contributed by atoms with van der Waals surface area (Å²) in [5.41, 5.74) is 3.46. The highest BCUT2D eigenvalue weighted by molar-refractivity contribution is 9.10. The minimum absolute atomic E-state index is 0.232. The molecule has 32 heavy (non-hydrogen) atoms. The zero-order chi connectivity index (χ0) is 22.7. The molecular weight excluding hydrogens is 493 g/mol. The Morgan fingerprint density at radius 3 is 2.56 bits per heavy atom. The van der Waals surface area contributed by atoms with Crippen molar-refractivity contribution < 1.29 is 18.7 Å². The molecule has 1 fully saturated rings. The molecule has 0 atom stereocenters. The Labute approximate surface area is 198 Å². The largest absolute Gasteiger partial charge is 0.488 e. The number of aryl methyl sites for hydroxylation is 1. The number of hydrogen-bond donors (Lipinski definition) is 0. The van der Waals surface area contributed by atoms with Gasteiger partial charge in [-0.15, -0.1) is 0 Å². The minimum atomic E-state index is -0.328. The van der Waals surface area contributed by atoms with E-state index in [9.17, 15) is 14.0 Å². The summed E-state index contributed by atoms with van der Waals surface area (Å²) in [4.78, 5) is 27.1. The topological polar surface area (TPSA) is 46.6 Å². The van der Waals surface area contributed by atoms with E-state index in [1.807, 2.05) is 43.3 Å². The fourth-order valence-corrected chi connectivity index (χ4v) is 4.48. The minimum Gasteiger partial charge on any atom is -0.488 e. The van der Waals surface area contributed by atoms with Gasteiger partial charge in [0, 0.05) is 10.0 Å². The van der Waals surface area contributed by atoms with Crippen molar-refractivity contribution in [2.24, 2.45) is 0 Å². The van der Waals surface area contributed by atoms with Crippen LogP contribution in [0.25, 0.3) is 6.08 Å². The summed E-state index contributed by atoms with van der Waals surface area (Å²) in [6.07, 6.45) is 1.67. The summed E-state index contributed by atoms with van der Waals surface area (Å²) in [7, 11) is 0. The number of carbonyl (C=O) groups is 2. The lowest BCUT2D eigenvalue weighted by Crippen LogP contribution is -2.27. The van der Waals surface area contributed by atoms with Crippen LogP contribution in [-0.4, -0.2) is 16.0 Å². The van der Waals surface area contributed by atoms with Crippen LogP contribution in [-0.2, 0) is 17.9 Å². The van der Waals surface area contributed by atoms with Gasteiger partial charge < -0.3 is 4.74 Å². The Kier molecular flexibility index (Phi) is 6.77. The molecule has 1 heterocycles. The van der Waals surface area contributed by atoms with E-state index in [0.717, 1.165) is 32.9 Å². The molecule has 1 aliphatic heterocycles. The smallest absolute Gasteiger partial charge is 0.293 e. The average Bonchev–Trinajstić information content (AvgIpc) is 3.02. The van der Waals surface area contributed by atoms with Crippen LogP contribution in [0.4, 0.5) is 9.18 Å². The van der Waals surface area contributed by atoms with E-state index in [1.165, 1.54) is 17.0 Å². The first-order valence-electron chi connectivity index (χ1n) is 9.87. The SMILES string of the molecule is Cc1cccc(CN2C(=O)S/C(=C\c3cc(Br)ccc3OCc3ccc(F)cc3)C2=O)c1. The maximum absolute atomic E-state index is 13.1. The van der Waals surface area contributed by atoms with Crippen LogP contribution < -0.4 is 4.74 Å². The van der Waals surface area contributed by atoms with Gasteiger partial charge in [-0.05, 0) is 66.2 Å². The number of rotatable bonds is 6. The van der Waals surface area contributed by atoms with Crippen molar-refractivity contribution >= 4 is 44.9 Å². The summed E-state index contributed by atoms with van der Waals surface area (Å²) in [6, 6.07) is 19.3. The molecule has 0 aliphatic carbocycles. The van der Waals surface area contributed by atoms with Crippen molar-refractivity contribution in [2.75, 3.05) is 0 Å². The third-order valence-electron chi connectivity index (χ3n) is 4.86. The molecule has 162 valence electrons. The molecule has 3 aromatic rings. The maximum atomic E-state index is 13.1. The molecule has 4 rings (SSSR count). The van der Waals surface area contributed by atoms with E-state index in [4.69, 9.17) is 4.74 Å². The fourth-order valence-electron chi connectivity index (χ4n) is 3.28. The summed E-state index contributed by atoms with van der Waals surface area (Å²) < 4.78 is 19.9. The molecule has 0 radical (unpaired) electrons. The number of thioether (sulfide) groups is 1. The van der Waals surface area contributed by atoms with Crippen molar-refractivity contribution in [2.45, 2.75) is 20.1 Å².